The molecule has 0 aliphatic heterocycles. The molecule has 0 aliphatic carbocycles. The third-order valence-corrected chi connectivity index (χ3v) is 1.78. The first-order valence-corrected chi connectivity index (χ1v) is 4.65. The second kappa shape index (κ2) is 5.40. The van der Waals surface area contributed by atoms with Crippen LogP contribution in [-0.4, -0.2) is 6.04 Å². The highest BCUT2D eigenvalue weighted by Gasteiger charge is 1.92. The Morgan fingerprint density at radius 2 is 2.00 bits per heavy atom. The van der Waals surface area contributed by atoms with E-state index in [1.165, 1.54) is 0 Å². The first-order chi connectivity index (χ1) is 6.33. The molecule has 0 amide bonds. The van der Waals surface area contributed by atoms with Crippen LogP contribution >= 0.6 is 0 Å². The predicted molar refractivity (Wildman–Crippen MR) is 56.2 cm³/mol. The minimum absolute atomic E-state index is 0.0187. The molecule has 2 N–H and O–H groups in total. The highest BCUT2D eigenvalue weighted by Crippen LogP contribution is 1.96. The van der Waals surface area contributed by atoms with Crippen molar-refractivity contribution >= 4 is 0 Å². The van der Waals surface area contributed by atoms with Gasteiger partial charge in [0.1, 0.15) is 0 Å². The third-order valence-electron chi connectivity index (χ3n) is 1.78. The first-order valence-electron chi connectivity index (χ1n) is 4.65. The Kier molecular flexibility index (Phi) is 4.08. The number of nitrogens with two attached hydrogens (primary N) is 1. The minimum atomic E-state index is 0.0187. The summed E-state index contributed by atoms with van der Waals surface area (Å²) in [6.07, 6.45) is 2.06. The van der Waals surface area contributed by atoms with Gasteiger partial charge in [-0.3, -0.25) is 0 Å². The Morgan fingerprint density at radius 3 is 2.62 bits per heavy atom. The van der Waals surface area contributed by atoms with Crippen molar-refractivity contribution in [1.82, 2.24) is 0 Å². The van der Waals surface area contributed by atoms with Crippen LogP contribution in [-0.2, 0) is 0 Å². The summed E-state index contributed by atoms with van der Waals surface area (Å²) < 4.78 is 0. The zero-order chi connectivity index (χ0) is 9.52. The lowest BCUT2D eigenvalue weighted by molar-refractivity contribution is 0.720. The molecule has 1 nitrogen and oxygen atoms in total. The van der Waals surface area contributed by atoms with E-state index in [2.05, 4.69) is 18.8 Å². The molecular weight excluding hydrogens is 158 g/mol. The van der Waals surface area contributed by atoms with Gasteiger partial charge in [0, 0.05) is 5.56 Å². The fourth-order valence-corrected chi connectivity index (χ4v) is 1.08. The minimum Gasteiger partial charge on any atom is -0.318 e. The van der Waals surface area contributed by atoms with Crippen molar-refractivity contribution in [3.63, 3.8) is 0 Å². The summed E-state index contributed by atoms with van der Waals surface area (Å²) in [5.41, 5.74) is 6.79. The van der Waals surface area contributed by atoms with E-state index >= 15 is 0 Å². The van der Waals surface area contributed by atoms with Gasteiger partial charge in [0.05, 0.1) is 6.04 Å². The van der Waals surface area contributed by atoms with Gasteiger partial charge in [0.2, 0.25) is 0 Å². The van der Waals surface area contributed by atoms with E-state index in [1.54, 1.807) is 0 Å². The van der Waals surface area contributed by atoms with Crippen molar-refractivity contribution in [2.45, 2.75) is 25.8 Å². The van der Waals surface area contributed by atoms with Crippen LogP contribution in [0.25, 0.3) is 0 Å². The van der Waals surface area contributed by atoms with Crippen LogP contribution in [0.1, 0.15) is 25.3 Å². The van der Waals surface area contributed by atoms with Crippen molar-refractivity contribution in [2.75, 3.05) is 0 Å². The Morgan fingerprint density at radius 1 is 1.31 bits per heavy atom. The summed E-state index contributed by atoms with van der Waals surface area (Å²) in [7, 11) is 0. The maximum atomic E-state index is 5.76. The van der Waals surface area contributed by atoms with Crippen molar-refractivity contribution in [2.24, 2.45) is 5.73 Å². The molecule has 0 fully saturated rings. The van der Waals surface area contributed by atoms with Gasteiger partial charge < -0.3 is 5.73 Å². The van der Waals surface area contributed by atoms with E-state index in [0.717, 1.165) is 18.4 Å². The molecule has 1 atom stereocenters. The lowest BCUT2D eigenvalue weighted by Gasteiger charge is -1.98. The molecular formula is C12H15N. The van der Waals surface area contributed by atoms with Gasteiger partial charge in [0.15, 0.2) is 0 Å². The maximum absolute atomic E-state index is 5.76. The van der Waals surface area contributed by atoms with Crippen LogP contribution in [0.5, 0.6) is 0 Å². The van der Waals surface area contributed by atoms with Crippen molar-refractivity contribution in [1.29, 1.82) is 0 Å². The maximum Gasteiger partial charge on any atom is 0.0668 e. The number of benzene rings is 1. The molecule has 1 rings (SSSR count). The predicted octanol–water partition coefficient (Wildman–Crippen LogP) is 2.17. The van der Waals surface area contributed by atoms with Crippen LogP contribution in [0.2, 0.25) is 0 Å². The molecule has 1 aromatic rings. The molecule has 0 bridgehead atoms. The zero-order valence-electron chi connectivity index (χ0n) is 7.96. The number of hydrogen-bond acceptors (Lipinski definition) is 1. The summed E-state index contributed by atoms with van der Waals surface area (Å²) in [4.78, 5) is 0. The quantitative estimate of drug-likeness (QED) is 0.681. The Labute approximate surface area is 80.0 Å². The van der Waals surface area contributed by atoms with Crippen LogP contribution in [0.4, 0.5) is 0 Å². The smallest absolute Gasteiger partial charge is 0.0668 e. The molecule has 1 aromatic carbocycles. The molecule has 13 heavy (non-hydrogen) atoms. The average Bonchev–Trinajstić information content (AvgIpc) is 2.17. The van der Waals surface area contributed by atoms with Crippen molar-refractivity contribution in [3.05, 3.63) is 35.9 Å². The molecule has 0 unspecified atom stereocenters. The largest absolute Gasteiger partial charge is 0.318 e. The molecule has 0 aromatic heterocycles. The highest BCUT2D eigenvalue weighted by molar-refractivity contribution is 5.34. The first kappa shape index (κ1) is 9.83. The van der Waals surface area contributed by atoms with Crippen LogP contribution in [0.3, 0.4) is 0 Å². The van der Waals surface area contributed by atoms with Crippen molar-refractivity contribution in [3.8, 4) is 11.8 Å². The van der Waals surface area contributed by atoms with E-state index in [9.17, 15) is 0 Å². The van der Waals surface area contributed by atoms with Gasteiger partial charge in [-0.05, 0) is 18.6 Å². The van der Waals surface area contributed by atoms with Crippen LogP contribution in [0.15, 0.2) is 30.3 Å². The summed E-state index contributed by atoms with van der Waals surface area (Å²) in [6, 6.07) is 9.95. The van der Waals surface area contributed by atoms with Crippen molar-refractivity contribution < 1.29 is 0 Å². The van der Waals surface area contributed by atoms with Gasteiger partial charge in [-0.15, -0.1) is 0 Å². The summed E-state index contributed by atoms with van der Waals surface area (Å²) >= 11 is 0. The summed E-state index contributed by atoms with van der Waals surface area (Å²) in [5, 5.41) is 0. The molecule has 68 valence electrons. The van der Waals surface area contributed by atoms with Gasteiger partial charge in [-0.2, -0.15) is 0 Å². The van der Waals surface area contributed by atoms with Gasteiger partial charge in [0.25, 0.3) is 0 Å². The van der Waals surface area contributed by atoms with Gasteiger partial charge in [-0.1, -0.05) is 43.4 Å². The van der Waals surface area contributed by atoms with E-state index in [1.807, 2.05) is 30.3 Å². The Bertz CT molecular complexity index is 292. The number of hydrogen-bond donors (Lipinski definition) is 1. The SMILES string of the molecule is CCC[C@@H](N)C#Cc1ccccc1. The fraction of sp³-hybridized carbons (Fsp3) is 0.333. The van der Waals surface area contributed by atoms with E-state index in [4.69, 9.17) is 5.73 Å². The Balaban J connectivity index is 2.57. The van der Waals surface area contributed by atoms with Gasteiger partial charge >= 0.3 is 0 Å². The van der Waals surface area contributed by atoms with E-state index in [0.29, 0.717) is 0 Å². The lowest BCUT2D eigenvalue weighted by Crippen LogP contribution is -2.16. The highest BCUT2D eigenvalue weighted by atomic mass is 14.6. The number of rotatable bonds is 2. The molecule has 0 saturated heterocycles. The monoisotopic (exact) mass is 173 g/mol. The standard InChI is InChI=1S/C12H15N/c1-2-6-12(13)10-9-11-7-4-3-5-8-11/h3-5,7-8,12H,2,6,13H2,1H3/t12-/m1/s1. The zero-order valence-corrected chi connectivity index (χ0v) is 7.96. The molecule has 1 heteroatoms. The fourth-order valence-electron chi connectivity index (χ4n) is 1.08. The van der Waals surface area contributed by atoms with E-state index < -0.39 is 0 Å². The molecule has 0 saturated carbocycles. The summed E-state index contributed by atoms with van der Waals surface area (Å²) in [5.74, 6) is 6.08. The molecule has 0 radical (unpaired) electrons. The Hall–Kier alpha value is -1.26. The lowest BCUT2D eigenvalue weighted by atomic mass is 10.1. The van der Waals surface area contributed by atoms with Crippen LogP contribution in [0, 0.1) is 11.8 Å². The average molecular weight is 173 g/mol. The van der Waals surface area contributed by atoms with Gasteiger partial charge in [-0.25, -0.2) is 0 Å². The van der Waals surface area contributed by atoms with Crippen LogP contribution < -0.4 is 5.73 Å². The normalized spacial score (nSPS) is 11.5. The molecule has 0 spiro atoms. The second-order valence-electron chi connectivity index (χ2n) is 3.03. The topological polar surface area (TPSA) is 26.0 Å². The summed E-state index contributed by atoms with van der Waals surface area (Å²) in [6.45, 7) is 2.12. The second-order valence-corrected chi connectivity index (χ2v) is 3.03. The van der Waals surface area contributed by atoms with E-state index in [-0.39, 0.29) is 6.04 Å². The molecule has 0 aliphatic rings. The third kappa shape index (κ3) is 3.78. The molecule has 0 heterocycles.